The number of rotatable bonds is 4. The minimum absolute atomic E-state index is 0.0603. The van der Waals surface area contributed by atoms with Crippen LogP contribution in [0.5, 0.6) is 5.75 Å². The summed E-state index contributed by atoms with van der Waals surface area (Å²) < 4.78 is 27.9. The Hall–Kier alpha value is -1.25. The smallest absolute Gasteiger partial charge is 0.238 e. The van der Waals surface area contributed by atoms with Crippen LogP contribution >= 0.6 is 11.8 Å². The van der Waals surface area contributed by atoms with Crippen molar-refractivity contribution >= 4 is 33.4 Å². The molecule has 3 N–H and O–H groups in total. The van der Waals surface area contributed by atoms with Crippen LogP contribution in [0.25, 0.3) is 0 Å². The summed E-state index contributed by atoms with van der Waals surface area (Å²) in [7, 11) is -2.37. The molecule has 0 aromatic heterocycles. The zero-order valence-electron chi connectivity index (χ0n) is 11.7. The van der Waals surface area contributed by atoms with E-state index in [2.05, 4.69) is 5.32 Å². The molecule has 1 heterocycles. The summed E-state index contributed by atoms with van der Waals surface area (Å²) >= 11 is 1.62. The van der Waals surface area contributed by atoms with Crippen molar-refractivity contribution in [1.29, 1.82) is 0 Å². The van der Waals surface area contributed by atoms with Crippen LogP contribution in [0.1, 0.15) is 19.3 Å². The molecular weight excluding hydrogens is 312 g/mol. The van der Waals surface area contributed by atoms with Crippen LogP contribution in [-0.4, -0.2) is 32.4 Å². The summed E-state index contributed by atoms with van der Waals surface area (Å²) in [4.78, 5) is 12.2. The van der Waals surface area contributed by atoms with E-state index in [1.807, 2.05) is 0 Å². The molecule has 21 heavy (non-hydrogen) atoms. The van der Waals surface area contributed by atoms with Gasteiger partial charge in [-0.15, -0.1) is 11.8 Å². The van der Waals surface area contributed by atoms with Gasteiger partial charge in [0.25, 0.3) is 0 Å². The molecule has 0 saturated carbocycles. The average Bonchev–Trinajstić information content (AvgIpc) is 2.47. The number of hydrogen-bond donors (Lipinski definition) is 2. The van der Waals surface area contributed by atoms with Gasteiger partial charge in [0.05, 0.1) is 22.9 Å². The molecular formula is C13H18N2O4S2. The normalized spacial score (nSPS) is 19.0. The molecule has 1 saturated heterocycles. The number of anilines is 1. The fourth-order valence-electron chi connectivity index (χ4n) is 2.12. The second-order valence-corrected chi connectivity index (χ2v) is 7.62. The maximum absolute atomic E-state index is 12.2. The predicted molar refractivity (Wildman–Crippen MR) is 83.1 cm³/mol. The van der Waals surface area contributed by atoms with Crippen molar-refractivity contribution in [2.24, 2.45) is 5.14 Å². The summed E-state index contributed by atoms with van der Waals surface area (Å²) in [5.41, 5.74) is 0.320. The van der Waals surface area contributed by atoms with Gasteiger partial charge in [-0.2, -0.15) is 0 Å². The standard InChI is InChI=1S/C13H18N2O4S2/c1-19-11-6-5-9(21(14,17)18)8-10(11)15-13(16)12-4-2-3-7-20-12/h5-6,8,12H,2-4,7H2,1H3,(H,15,16)(H2,14,17,18). The van der Waals surface area contributed by atoms with Gasteiger partial charge in [0.15, 0.2) is 0 Å². The molecule has 0 radical (unpaired) electrons. The Morgan fingerprint density at radius 3 is 2.76 bits per heavy atom. The number of carbonyl (C=O) groups is 1. The van der Waals surface area contributed by atoms with Crippen molar-refractivity contribution in [3.8, 4) is 5.75 Å². The minimum atomic E-state index is -3.82. The first-order chi connectivity index (χ1) is 9.91. The molecule has 1 amide bonds. The summed E-state index contributed by atoms with van der Waals surface area (Å²) in [6.07, 6.45) is 2.98. The molecule has 1 atom stereocenters. The lowest BCUT2D eigenvalue weighted by atomic mass is 10.1. The summed E-state index contributed by atoms with van der Waals surface area (Å²) in [6, 6.07) is 4.14. The molecule has 116 valence electrons. The molecule has 2 rings (SSSR count). The molecule has 1 aromatic rings. The SMILES string of the molecule is COc1ccc(S(N)(=O)=O)cc1NC(=O)C1CCCCS1. The summed E-state index contributed by atoms with van der Waals surface area (Å²) in [5.74, 6) is 1.23. The van der Waals surface area contributed by atoms with Gasteiger partial charge in [0, 0.05) is 0 Å². The minimum Gasteiger partial charge on any atom is -0.495 e. The maximum Gasteiger partial charge on any atom is 0.238 e. The van der Waals surface area contributed by atoms with Gasteiger partial charge in [-0.3, -0.25) is 4.79 Å². The highest BCUT2D eigenvalue weighted by Gasteiger charge is 2.23. The highest BCUT2D eigenvalue weighted by molar-refractivity contribution is 8.00. The van der Waals surface area contributed by atoms with Gasteiger partial charge in [-0.1, -0.05) is 6.42 Å². The molecule has 6 nitrogen and oxygen atoms in total. The van der Waals surface area contributed by atoms with E-state index in [4.69, 9.17) is 9.88 Å². The van der Waals surface area contributed by atoms with Gasteiger partial charge < -0.3 is 10.1 Å². The number of ether oxygens (including phenoxy) is 1. The second-order valence-electron chi connectivity index (χ2n) is 4.75. The van der Waals surface area contributed by atoms with Crippen LogP contribution in [0.3, 0.4) is 0 Å². The van der Waals surface area contributed by atoms with Crippen LogP contribution in [0.4, 0.5) is 5.69 Å². The van der Waals surface area contributed by atoms with E-state index < -0.39 is 10.0 Å². The quantitative estimate of drug-likeness (QED) is 0.873. The molecule has 1 aromatic carbocycles. The van der Waals surface area contributed by atoms with Crippen molar-refractivity contribution in [1.82, 2.24) is 0 Å². The first kappa shape index (κ1) is 16.1. The monoisotopic (exact) mass is 330 g/mol. The number of carbonyl (C=O) groups excluding carboxylic acids is 1. The van der Waals surface area contributed by atoms with Crippen LogP contribution in [0, 0.1) is 0 Å². The third kappa shape index (κ3) is 4.12. The topological polar surface area (TPSA) is 98.5 Å². The van der Waals surface area contributed by atoms with Crippen molar-refractivity contribution in [3.05, 3.63) is 18.2 Å². The predicted octanol–water partition coefficient (Wildman–Crippen LogP) is 1.57. The first-order valence-electron chi connectivity index (χ1n) is 6.55. The van der Waals surface area contributed by atoms with Crippen molar-refractivity contribution < 1.29 is 17.9 Å². The summed E-state index contributed by atoms with van der Waals surface area (Å²) in [5, 5.41) is 7.73. The van der Waals surface area contributed by atoms with E-state index in [9.17, 15) is 13.2 Å². The lowest BCUT2D eigenvalue weighted by Crippen LogP contribution is -2.27. The number of thioether (sulfide) groups is 1. The fraction of sp³-hybridized carbons (Fsp3) is 0.462. The van der Waals surface area contributed by atoms with E-state index in [1.54, 1.807) is 11.8 Å². The van der Waals surface area contributed by atoms with Crippen LogP contribution in [0.2, 0.25) is 0 Å². The molecule has 1 unspecified atom stereocenters. The lowest BCUT2D eigenvalue weighted by Gasteiger charge is -2.21. The largest absolute Gasteiger partial charge is 0.495 e. The lowest BCUT2D eigenvalue weighted by molar-refractivity contribution is -0.115. The number of nitrogens with one attached hydrogen (secondary N) is 1. The number of primary sulfonamides is 1. The fourth-order valence-corrected chi connectivity index (χ4v) is 3.86. The highest BCUT2D eigenvalue weighted by atomic mass is 32.2. The van der Waals surface area contributed by atoms with Gasteiger partial charge in [-0.25, -0.2) is 13.6 Å². The highest BCUT2D eigenvalue weighted by Crippen LogP contribution is 2.30. The number of sulfonamides is 1. The Labute approximate surface area is 128 Å². The zero-order chi connectivity index (χ0) is 15.5. The van der Waals surface area contributed by atoms with Crippen LogP contribution in [0.15, 0.2) is 23.1 Å². The Kier molecular flexibility index (Phi) is 5.13. The Morgan fingerprint density at radius 2 is 2.19 bits per heavy atom. The average molecular weight is 330 g/mol. The second kappa shape index (κ2) is 6.67. The van der Waals surface area contributed by atoms with Gasteiger partial charge >= 0.3 is 0 Å². The Morgan fingerprint density at radius 1 is 1.43 bits per heavy atom. The van der Waals surface area contributed by atoms with Crippen LogP contribution < -0.4 is 15.2 Å². The third-order valence-corrected chi connectivity index (χ3v) is 5.52. The molecule has 1 aliphatic rings. The Bertz CT molecular complexity index is 625. The van der Waals surface area contributed by atoms with E-state index in [-0.39, 0.29) is 16.1 Å². The number of hydrogen-bond acceptors (Lipinski definition) is 5. The van der Waals surface area contributed by atoms with E-state index in [0.717, 1.165) is 25.0 Å². The van der Waals surface area contributed by atoms with E-state index >= 15 is 0 Å². The van der Waals surface area contributed by atoms with Gasteiger partial charge in [-0.05, 0) is 36.8 Å². The van der Waals surface area contributed by atoms with E-state index in [0.29, 0.717) is 11.4 Å². The zero-order valence-corrected chi connectivity index (χ0v) is 13.3. The van der Waals surface area contributed by atoms with Gasteiger partial charge in [0.2, 0.25) is 15.9 Å². The number of benzene rings is 1. The number of methoxy groups -OCH3 is 1. The van der Waals surface area contributed by atoms with Crippen molar-refractivity contribution in [2.75, 3.05) is 18.2 Å². The third-order valence-electron chi connectivity index (χ3n) is 3.23. The number of amides is 1. The molecule has 1 aliphatic heterocycles. The van der Waals surface area contributed by atoms with Crippen molar-refractivity contribution in [2.45, 2.75) is 29.4 Å². The molecule has 0 aliphatic carbocycles. The molecule has 0 spiro atoms. The number of nitrogens with two attached hydrogens (primary N) is 1. The maximum atomic E-state index is 12.2. The van der Waals surface area contributed by atoms with Crippen molar-refractivity contribution in [3.63, 3.8) is 0 Å². The van der Waals surface area contributed by atoms with Gasteiger partial charge in [0.1, 0.15) is 5.75 Å². The molecule has 1 fully saturated rings. The Balaban J connectivity index is 2.22. The molecule has 8 heteroatoms. The first-order valence-corrected chi connectivity index (χ1v) is 9.14. The summed E-state index contributed by atoms with van der Waals surface area (Å²) in [6.45, 7) is 0. The van der Waals surface area contributed by atoms with E-state index in [1.165, 1.54) is 25.3 Å². The molecule has 0 bridgehead atoms. The van der Waals surface area contributed by atoms with Crippen LogP contribution in [-0.2, 0) is 14.8 Å².